The van der Waals surface area contributed by atoms with E-state index in [9.17, 15) is 0 Å². The van der Waals surface area contributed by atoms with E-state index in [0.717, 1.165) is 33.8 Å². The second kappa shape index (κ2) is 6.44. The van der Waals surface area contributed by atoms with Gasteiger partial charge in [-0.3, -0.25) is 0 Å². The van der Waals surface area contributed by atoms with Crippen LogP contribution in [-0.4, -0.2) is 7.11 Å². The number of nitrogens with two attached hydrogens (primary N) is 1. The molecule has 3 nitrogen and oxygen atoms in total. The molecule has 106 valence electrons. The van der Waals surface area contributed by atoms with Crippen LogP contribution in [0, 0.1) is 13.8 Å². The number of ether oxygens (including phenoxy) is 2. The molecule has 0 saturated heterocycles. The molecule has 20 heavy (non-hydrogen) atoms. The molecule has 2 aromatic rings. The number of hydrogen-bond donors (Lipinski definition) is 1. The van der Waals surface area contributed by atoms with Crippen molar-refractivity contribution in [3.8, 4) is 11.5 Å². The number of para-hydroxylation sites is 1. The highest BCUT2D eigenvalue weighted by Gasteiger charge is 2.08. The van der Waals surface area contributed by atoms with Gasteiger partial charge in [0.2, 0.25) is 0 Å². The first-order valence-electron chi connectivity index (χ1n) is 6.70. The van der Waals surface area contributed by atoms with E-state index < -0.39 is 0 Å². The van der Waals surface area contributed by atoms with Gasteiger partial charge in [-0.1, -0.05) is 30.3 Å². The number of benzene rings is 2. The maximum atomic E-state index is 5.97. The van der Waals surface area contributed by atoms with Crippen molar-refractivity contribution in [2.75, 3.05) is 7.11 Å². The molecule has 0 radical (unpaired) electrons. The fraction of sp³-hybridized carbons (Fsp3) is 0.294. The first-order chi connectivity index (χ1) is 9.65. The Labute approximate surface area is 120 Å². The van der Waals surface area contributed by atoms with Gasteiger partial charge in [0.1, 0.15) is 18.1 Å². The third-order valence-corrected chi connectivity index (χ3v) is 3.32. The minimum absolute atomic E-state index is 0.494. The van der Waals surface area contributed by atoms with Gasteiger partial charge in [-0.2, -0.15) is 0 Å². The quantitative estimate of drug-likeness (QED) is 0.907. The van der Waals surface area contributed by atoms with Crippen LogP contribution in [0.4, 0.5) is 0 Å². The first-order valence-corrected chi connectivity index (χ1v) is 6.70. The van der Waals surface area contributed by atoms with Crippen molar-refractivity contribution < 1.29 is 9.47 Å². The zero-order chi connectivity index (χ0) is 14.5. The topological polar surface area (TPSA) is 44.5 Å². The van der Waals surface area contributed by atoms with E-state index in [4.69, 9.17) is 15.2 Å². The average Bonchev–Trinajstić information content (AvgIpc) is 2.46. The summed E-state index contributed by atoms with van der Waals surface area (Å²) in [6.45, 7) is 5.13. The van der Waals surface area contributed by atoms with Crippen molar-refractivity contribution in [2.45, 2.75) is 27.0 Å². The summed E-state index contributed by atoms with van der Waals surface area (Å²) in [6, 6.07) is 12.0. The molecule has 2 rings (SSSR count). The van der Waals surface area contributed by atoms with Crippen molar-refractivity contribution in [1.29, 1.82) is 0 Å². The summed E-state index contributed by atoms with van der Waals surface area (Å²) >= 11 is 0. The number of methoxy groups -OCH3 is 1. The Kier molecular flexibility index (Phi) is 4.64. The van der Waals surface area contributed by atoms with Crippen molar-refractivity contribution in [3.63, 3.8) is 0 Å². The normalized spacial score (nSPS) is 10.4. The van der Waals surface area contributed by atoms with Crippen LogP contribution in [0.3, 0.4) is 0 Å². The lowest BCUT2D eigenvalue weighted by atomic mass is 10.1. The molecule has 0 atom stereocenters. The van der Waals surface area contributed by atoms with Gasteiger partial charge in [-0.25, -0.2) is 0 Å². The average molecular weight is 271 g/mol. The van der Waals surface area contributed by atoms with Crippen molar-refractivity contribution in [2.24, 2.45) is 5.73 Å². The Morgan fingerprint density at radius 3 is 2.30 bits per heavy atom. The molecule has 0 saturated carbocycles. The van der Waals surface area contributed by atoms with E-state index in [-0.39, 0.29) is 0 Å². The molecule has 0 amide bonds. The monoisotopic (exact) mass is 271 g/mol. The third kappa shape index (κ3) is 3.11. The van der Waals surface area contributed by atoms with Gasteiger partial charge in [0, 0.05) is 12.1 Å². The van der Waals surface area contributed by atoms with Crippen molar-refractivity contribution in [1.82, 2.24) is 0 Å². The van der Waals surface area contributed by atoms with Gasteiger partial charge < -0.3 is 15.2 Å². The Hall–Kier alpha value is -2.00. The fourth-order valence-corrected chi connectivity index (χ4v) is 2.36. The Balaban J connectivity index is 2.19. The first kappa shape index (κ1) is 14.4. The van der Waals surface area contributed by atoms with Crippen molar-refractivity contribution >= 4 is 0 Å². The molecule has 3 heteroatoms. The standard InChI is InChI=1S/C17H21NO2/c1-12-8-14(10-18)9-13(2)17(12)20-11-15-6-4-5-7-16(15)19-3/h4-9H,10-11,18H2,1-3H3. The van der Waals surface area contributed by atoms with Crippen molar-refractivity contribution in [3.05, 3.63) is 58.7 Å². The Morgan fingerprint density at radius 2 is 1.70 bits per heavy atom. The van der Waals surface area contributed by atoms with Crippen LogP contribution in [0.15, 0.2) is 36.4 Å². The van der Waals surface area contributed by atoms with E-state index in [1.54, 1.807) is 7.11 Å². The largest absolute Gasteiger partial charge is 0.496 e. The minimum Gasteiger partial charge on any atom is -0.496 e. The Morgan fingerprint density at radius 1 is 1.05 bits per heavy atom. The summed E-state index contributed by atoms with van der Waals surface area (Å²) < 4.78 is 11.3. The third-order valence-electron chi connectivity index (χ3n) is 3.32. The fourth-order valence-electron chi connectivity index (χ4n) is 2.36. The molecule has 0 aliphatic rings. The van der Waals surface area contributed by atoms with E-state index in [1.165, 1.54) is 0 Å². The van der Waals surface area contributed by atoms with E-state index in [1.807, 2.05) is 38.1 Å². The SMILES string of the molecule is COc1ccccc1COc1c(C)cc(CN)cc1C. The molecule has 0 aliphatic carbocycles. The lowest BCUT2D eigenvalue weighted by Crippen LogP contribution is -2.03. The summed E-state index contributed by atoms with van der Waals surface area (Å²) in [5.41, 5.74) is 10.1. The van der Waals surface area contributed by atoms with Crippen LogP contribution in [0.5, 0.6) is 11.5 Å². The molecule has 0 heterocycles. The zero-order valence-corrected chi connectivity index (χ0v) is 12.3. The number of rotatable bonds is 5. The maximum Gasteiger partial charge on any atom is 0.125 e. The summed E-state index contributed by atoms with van der Waals surface area (Å²) in [6.07, 6.45) is 0. The molecular formula is C17H21NO2. The highest BCUT2D eigenvalue weighted by molar-refractivity contribution is 5.44. The second-order valence-electron chi connectivity index (χ2n) is 4.86. The van der Waals surface area contributed by atoms with Crippen LogP contribution < -0.4 is 15.2 Å². The highest BCUT2D eigenvalue weighted by atomic mass is 16.5. The lowest BCUT2D eigenvalue weighted by molar-refractivity contribution is 0.293. The van der Waals surface area contributed by atoms with Crippen LogP contribution in [0.25, 0.3) is 0 Å². The van der Waals surface area contributed by atoms with Gasteiger partial charge in [0.15, 0.2) is 0 Å². The molecule has 0 bridgehead atoms. The number of aryl methyl sites for hydroxylation is 2. The molecular weight excluding hydrogens is 250 g/mol. The molecule has 2 N–H and O–H groups in total. The lowest BCUT2D eigenvalue weighted by Gasteiger charge is -2.15. The zero-order valence-electron chi connectivity index (χ0n) is 12.3. The number of hydrogen-bond acceptors (Lipinski definition) is 3. The van der Waals surface area contributed by atoms with E-state index in [0.29, 0.717) is 13.2 Å². The second-order valence-corrected chi connectivity index (χ2v) is 4.86. The van der Waals surface area contributed by atoms with Crippen LogP contribution in [0.2, 0.25) is 0 Å². The molecule has 0 unspecified atom stereocenters. The summed E-state index contributed by atoms with van der Waals surface area (Å²) in [7, 11) is 1.67. The van der Waals surface area contributed by atoms with Crippen LogP contribution >= 0.6 is 0 Å². The smallest absolute Gasteiger partial charge is 0.125 e. The molecule has 0 spiro atoms. The van der Waals surface area contributed by atoms with Crippen LogP contribution in [0.1, 0.15) is 22.3 Å². The maximum absolute atomic E-state index is 5.97. The minimum atomic E-state index is 0.494. The predicted octanol–water partition coefficient (Wildman–Crippen LogP) is 3.35. The Bertz CT molecular complexity index is 570. The molecule has 0 fully saturated rings. The van der Waals surface area contributed by atoms with Gasteiger partial charge in [0.25, 0.3) is 0 Å². The van der Waals surface area contributed by atoms with Gasteiger partial charge in [-0.05, 0) is 36.6 Å². The predicted molar refractivity (Wildman–Crippen MR) is 81.1 cm³/mol. The van der Waals surface area contributed by atoms with E-state index >= 15 is 0 Å². The highest BCUT2D eigenvalue weighted by Crippen LogP contribution is 2.27. The van der Waals surface area contributed by atoms with E-state index in [2.05, 4.69) is 12.1 Å². The summed E-state index contributed by atoms with van der Waals surface area (Å²) in [5.74, 6) is 1.77. The summed E-state index contributed by atoms with van der Waals surface area (Å²) in [4.78, 5) is 0. The molecule has 0 aromatic heterocycles. The molecule has 2 aromatic carbocycles. The van der Waals surface area contributed by atoms with Gasteiger partial charge in [-0.15, -0.1) is 0 Å². The molecule has 0 aliphatic heterocycles. The summed E-state index contributed by atoms with van der Waals surface area (Å²) in [5, 5.41) is 0. The van der Waals surface area contributed by atoms with Gasteiger partial charge in [0.05, 0.1) is 7.11 Å². The van der Waals surface area contributed by atoms with Crippen LogP contribution in [-0.2, 0) is 13.2 Å². The van der Waals surface area contributed by atoms with Gasteiger partial charge >= 0.3 is 0 Å².